The average molecular weight is 158 g/mol. The standard InChI is InChI=1S/C8H18N2O/c1-9-6-8(11)7-2-4-10-5-3-7/h7-11H,2-6H2,1H3. The van der Waals surface area contributed by atoms with E-state index in [0.717, 1.165) is 32.5 Å². The minimum absolute atomic E-state index is 0.151. The van der Waals surface area contributed by atoms with Crippen LogP contribution < -0.4 is 10.6 Å². The lowest BCUT2D eigenvalue weighted by Crippen LogP contribution is -2.38. The smallest absolute Gasteiger partial charge is 0.0693 e. The molecule has 1 heterocycles. The number of rotatable bonds is 3. The van der Waals surface area contributed by atoms with Crippen LogP contribution in [0.2, 0.25) is 0 Å². The molecule has 0 radical (unpaired) electrons. The highest BCUT2D eigenvalue weighted by Gasteiger charge is 2.20. The first-order chi connectivity index (χ1) is 5.34. The van der Waals surface area contributed by atoms with Crippen LogP contribution in [0.25, 0.3) is 0 Å². The number of aliphatic hydroxyl groups is 1. The van der Waals surface area contributed by atoms with Crippen molar-refractivity contribution in [2.45, 2.75) is 18.9 Å². The molecule has 0 aromatic carbocycles. The van der Waals surface area contributed by atoms with Crippen LogP contribution in [0.3, 0.4) is 0 Å². The maximum Gasteiger partial charge on any atom is 0.0693 e. The van der Waals surface area contributed by atoms with Gasteiger partial charge in [0.15, 0.2) is 0 Å². The molecule has 0 saturated carbocycles. The summed E-state index contributed by atoms with van der Waals surface area (Å²) < 4.78 is 0. The Bertz CT molecular complexity index is 102. The molecule has 1 aliphatic heterocycles. The second kappa shape index (κ2) is 4.70. The molecular weight excluding hydrogens is 140 g/mol. The van der Waals surface area contributed by atoms with Gasteiger partial charge in [-0.1, -0.05) is 0 Å². The topological polar surface area (TPSA) is 44.3 Å². The minimum atomic E-state index is -0.151. The highest BCUT2D eigenvalue weighted by atomic mass is 16.3. The molecule has 0 aromatic heterocycles. The van der Waals surface area contributed by atoms with E-state index in [-0.39, 0.29) is 6.10 Å². The number of hydrogen-bond acceptors (Lipinski definition) is 3. The first kappa shape index (κ1) is 8.97. The molecule has 0 amide bonds. The van der Waals surface area contributed by atoms with Crippen molar-refractivity contribution in [3.8, 4) is 0 Å². The van der Waals surface area contributed by atoms with E-state index >= 15 is 0 Å². The average Bonchev–Trinajstić information content (AvgIpc) is 2.07. The van der Waals surface area contributed by atoms with Gasteiger partial charge in [-0.05, 0) is 38.9 Å². The van der Waals surface area contributed by atoms with Crippen molar-refractivity contribution in [1.82, 2.24) is 10.6 Å². The number of piperidine rings is 1. The van der Waals surface area contributed by atoms with E-state index in [2.05, 4.69) is 10.6 Å². The Kier molecular flexibility index (Phi) is 3.83. The van der Waals surface area contributed by atoms with Crippen molar-refractivity contribution >= 4 is 0 Å². The van der Waals surface area contributed by atoms with E-state index in [9.17, 15) is 5.11 Å². The van der Waals surface area contributed by atoms with Gasteiger partial charge in [0, 0.05) is 6.54 Å². The summed E-state index contributed by atoms with van der Waals surface area (Å²) in [7, 11) is 1.88. The van der Waals surface area contributed by atoms with Gasteiger partial charge in [0.25, 0.3) is 0 Å². The summed E-state index contributed by atoms with van der Waals surface area (Å²) in [5.74, 6) is 0.503. The molecule has 0 aliphatic carbocycles. The van der Waals surface area contributed by atoms with Gasteiger partial charge in [-0.2, -0.15) is 0 Å². The van der Waals surface area contributed by atoms with Gasteiger partial charge in [-0.25, -0.2) is 0 Å². The van der Waals surface area contributed by atoms with Crippen molar-refractivity contribution in [3.63, 3.8) is 0 Å². The van der Waals surface area contributed by atoms with E-state index in [0.29, 0.717) is 5.92 Å². The second-order valence-corrected chi connectivity index (χ2v) is 3.21. The van der Waals surface area contributed by atoms with Gasteiger partial charge in [0.1, 0.15) is 0 Å². The molecular formula is C8H18N2O. The summed E-state index contributed by atoms with van der Waals surface area (Å²) in [4.78, 5) is 0. The molecule has 3 heteroatoms. The Labute approximate surface area is 68.2 Å². The maximum atomic E-state index is 9.58. The van der Waals surface area contributed by atoms with Gasteiger partial charge in [-0.3, -0.25) is 0 Å². The van der Waals surface area contributed by atoms with Crippen LogP contribution in [-0.2, 0) is 0 Å². The van der Waals surface area contributed by atoms with Gasteiger partial charge in [0.05, 0.1) is 6.10 Å². The molecule has 1 atom stereocenters. The predicted molar refractivity (Wildman–Crippen MR) is 45.5 cm³/mol. The molecule has 1 aliphatic rings. The molecule has 3 N–H and O–H groups in total. The van der Waals surface area contributed by atoms with Crippen LogP contribution >= 0.6 is 0 Å². The maximum absolute atomic E-state index is 9.58. The Hall–Kier alpha value is -0.120. The summed E-state index contributed by atoms with van der Waals surface area (Å²) in [5.41, 5.74) is 0. The van der Waals surface area contributed by atoms with Crippen molar-refractivity contribution in [2.75, 3.05) is 26.7 Å². The van der Waals surface area contributed by atoms with Crippen LogP contribution in [0.4, 0.5) is 0 Å². The van der Waals surface area contributed by atoms with Crippen molar-refractivity contribution < 1.29 is 5.11 Å². The zero-order chi connectivity index (χ0) is 8.10. The first-order valence-electron chi connectivity index (χ1n) is 4.38. The number of aliphatic hydroxyl groups excluding tert-OH is 1. The van der Waals surface area contributed by atoms with Crippen LogP contribution in [0.1, 0.15) is 12.8 Å². The van der Waals surface area contributed by atoms with E-state index < -0.39 is 0 Å². The van der Waals surface area contributed by atoms with E-state index in [4.69, 9.17) is 0 Å². The monoisotopic (exact) mass is 158 g/mol. The lowest BCUT2D eigenvalue weighted by atomic mass is 9.92. The molecule has 1 rings (SSSR count). The van der Waals surface area contributed by atoms with E-state index in [1.807, 2.05) is 7.05 Å². The van der Waals surface area contributed by atoms with Crippen molar-refractivity contribution in [1.29, 1.82) is 0 Å². The normalized spacial score (nSPS) is 23.5. The Morgan fingerprint density at radius 3 is 2.73 bits per heavy atom. The van der Waals surface area contributed by atoms with Crippen LogP contribution in [0, 0.1) is 5.92 Å². The number of nitrogens with one attached hydrogen (secondary N) is 2. The predicted octanol–water partition coefficient (Wildman–Crippen LogP) is -0.434. The largest absolute Gasteiger partial charge is 0.392 e. The van der Waals surface area contributed by atoms with Gasteiger partial charge < -0.3 is 15.7 Å². The summed E-state index contributed by atoms with van der Waals surface area (Å²) in [6.45, 7) is 2.85. The molecule has 66 valence electrons. The molecule has 0 aromatic rings. The molecule has 1 saturated heterocycles. The molecule has 11 heavy (non-hydrogen) atoms. The zero-order valence-corrected chi connectivity index (χ0v) is 7.14. The van der Waals surface area contributed by atoms with Crippen molar-refractivity contribution in [2.24, 2.45) is 5.92 Å². The summed E-state index contributed by atoms with van der Waals surface area (Å²) in [6, 6.07) is 0. The number of hydrogen-bond donors (Lipinski definition) is 3. The SMILES string of the molecule is CNCC(O)C1CCNCC1. The Balaban J connectivity index is 2.21. The third kappa shape index (κ3) is 2.77. The summed E-state index contributed by atoms with van der Waals surface area (Å²) in [6.07, 6.45) is 2.08. The van der Waals surface area contributed by atoms with Gasteiger partial charge in [-0.15, -0.1) is 0 Å². The first-order valence-corrected chi connectivity index (χ1v) is 4.38. The Morgan fingerprint density at radius 1 is 1.55 bits per heavy atom. The van der Waals surface area contributed by atoms with Crippen LogP contribution in [-0.4, -0.2) is 37.9 Å². The molecule has 3 nitrogen and oxygen atoms in total. The summed E-state index contributed by atoms with van der Waals surface area (Å²) >= 11 is 0. The minimum Gasteiger partial charge on any atom is -0.392 e. The fraction of sp³-hybridized carbons (Fsp3) is 1.00. The summed E-state index contributed by atoms with van der Waals surface area (Å²) in [5, 5.41) is 15.9. The fourth-order valence-corrected chi connectivity index (χ4v) is 1.60. The fourth-order valence-electron chi connectivity index (χ4n) is 1.60. The Morgan fingerprint density at radius 2 is 2.18 bits per heavy atom. The highest BCUT2D eigenvalue weighted by Crippen LogP contribution is 2.15. The molecule has 1 fully saturated rings. The molecule has 0 spiro atoms. The van der Waals surface area contributed by atoms with Crippen LogP contribution in [0.15, 0.2) is 0 Å². The lowest BCUT2D eigenvalue weighted by Gasteiger charge is -2.26. The highest BCUT2D eigenvalue weighted by molar-refractivity contribution is 4.75. The van der Waals surface area contributed by atoms with E-state index in [1.54, 1.807) is 0 Å². The lowest BCUT2D eigenvalue weighted by molar-refractivity contribution is 0.0899. The van der Waals surface area contributed by atoms with Crippen molar-refractivity contribution in [3.05, 3.63) is 0 Å². The second-order valence-electron chi connectivity index (χ2n) is 3.21. The third-order valence-corrected chi connectivity index (χ3v) is 2.34. The van der Waals surface area contributed by atoms with E-state index in [1.165, 1.54) is 0 Å². The number of likely N-dealkylation sites (N-methyl/N-ethyl adjacent to an activating group) is 1. The van der Waals surface area contributed by atoms with Gasteiger partial charge >= 0.3 is 0 Å². The third-order valence-electron chi connectivity index (χ3n) is 2.34. The molecule has 0 bridgehead atoms. The zero-order valence-electron chi connectivity index (χ0n) is 7.14. The van der Waals surface area contributed by atoms with Crippen LogP contribution in [0.5, 0.6) is 0 Å². The van der Waals surface area contributed by atoms with Gasteiger partial charge in [0.2, 0.25) is 0 Å². The molecule has 1 unspecified atom stereocenters. The quantitative estimate of drug-likeness (QED) is 0.522.